The van der Waals surface area contributed by atoms with Gasteiger partial charge in [0.05, 0.1) is 36.0 Å². The van der Waals surface area contributed by atoms with E-state index in [-0.39, 0.29) is 25.8 Å². The molecule has 58 heavy (non-hydrogen) atoms. The van der Waals surface area contributed by atoms with Crippen LogP contribution in [0.25, 0.3) is 33.4 Å². The minimum atomic E-state index is -4.56. The minimum Gasteiger partial charge on any atom is -0.285 e. The number of hydrogen-bond donors (Lipinski definition) is 2. The first-order valence-electron chi connectivity index (χ1n) is 16.8. The van der Waals surface area contributed by atoms with Crippen LogP contribution < -0.4 is 0 Å². The van der Waals surface area contributed by atoms with E-state index < -0.39 is 68.0 Å². The monoisotopic (exact) mass is 888 g/mol. The van der Waals surface area contributed by atoms with Gasteiger partial charge in [0.25, 0.3) is 50.6 Å². The number of benzene rings is 5. The summed E-state index contributed by atoms with van der Waals surface area (Å²) < 4.78 is 161. The Hall–Kier alpha value is -4.61. The smallest absolute Gasteiger partial charge is 0.285 e. The van der Waals surface area contributed by atoms with Crippen molar-refractivity contribution in [2.24, 2.45) is 0 Å². The maximum absolute atomic E-state index is 13.2. The fraction of sp³-hybridized carbons (Fsp3) is 0.158. The summed E-state index contributed by atoms with van der Waals surface area (Å²) >= 11 is 0. The summed E-state index contributed by atoms with van der Waals surface area (Å²) in [6.45, 7) is 0. The summed E-state index contributed by atoms with van der Waals surface area (Å²) in [6, 6.07) is 23.1. The van der Waals surface area contributed by atoms with Gasteiger partial charge in [-0.1, -0.05) is 54.6 Å². The van der Waals surface area contributed by atoms with Crippen molar-refractivity contribution in [1.29, 1.82) is 0 Å². The van der Waals surface area contributed by atoms with E-state index >= 15 is 0 Å². The molecule has 5 aromatic carbocycles. The lowest BCUT2D eigenvalue weighted by atomic mass is 9.79. The molecule has 0 bridgehead atoms. The van der Waals surface area contributed by atoms with Gasteiger partial charge in [-0.15, -0.1) is 0 Å². The van der Waals surface area contributed by atoms with Gasteiger partial charge < -0.3 is 0 Å². The van der Waals surface area contributed by atoms with Crippen molar-refractivity contribution < 1.29 is 63.7 Å². The van der Waals surface area contributed by atoms with Gasteiger partial charge in [0.2, 0.25) is 0 Å². The highest BCUT2D eigenvalue weighted by Gasteiger charge is 2.39. The molecule has 1 atom stereocenters. The van der Waals surface area contributed by atoms with Crippen molar-refractivity contribution in [2.75, 3.05) is 21.3 Å². The molecule has 0 saturated carbocycles. The Balaban J connectivity index is 1.68. The van der Waals surface area contributed by atoms with E-state index in [1.807, 2.05) is 0 Å². The van der Waals surface area contributed by atoms with Gasteiger partial charge in [0.15, 0.2) is 0 Å². The zero-order chi connectivity index (χ0) is 42.2. The molecule has 0 aromatic heterocycles. The summed E-state index contributed by atoms with van der Waals surface area (Å²) in [7, 11) is -19.0. The molecule has 2 N–H and O–H groups in total. The average Bonchev–Trinajstić information content (AvgIpc) is 3.65. The second kappa shape index (κ2) is 14.6. The zero-order valence-corrected chi connectivity index (χ0v) is 34.6. The highest BCUT2D eigenvalue weighted by atomic mass is 32.2. The number of rotatable bonds is 12. The predicted molar refractivity (Wildman–Crippen MR) is 211 cm³/mol. The molecule has 20 heteroatoms. The third kappa shape index (κ3) is 7.68. The van der Waals surface area contributed by atoms with Gasteiger partial charge >= 0.3 is 0 Å². The molecular formula is C38H32O15S5. The van der Waals surface area contributed by atoms with E-state index in [4.69, 9.17) is 12.5 Å². The van der Waals surface area contributed by atoms with E-state index in [0.29, 0.717) is 61.2 Å². The Morgan fingerprint density at radius 1 is 0.466 bits per heavy atom. The molecule has 0 radical (unpaired) electrons. The standard InChI is InChI=1S/C38H32O15S5/c1-51-56(45,46)25-8-6-24(7-9-25)36(37-32-16-22(20-54(39,40)41)4-12-28(32)30-14-10-26(18-34(30)37)57(47,48)52-2)38-33-17-23(21-55(42,43)44)5-13-29(33)31-15-11-27(19-35(31)38)58(49,50)53-3/h4-19,37H,20-21H2,1-3H3,(H,39,40,41)(H,42,43,44)/b38-36+. The molecule has 0 fully saturated rings. The molecule has 2 aliphatic rings. The molecule has 1 unspecified atom stereocenters. The first-order chi connectivity index (χ1) is 27.1. The van der Waals surface area contributed by atoms with Crippen LogP contribution in [0.5, 0.6) is 0 Å². The molecule has 0 amide bonds. The first kappa shape index (κ1) is 41.5. The lowest BCUT2D eigenvalue weighted by molar-refractivity contribution is 0.396. The van der Waals surface area contributed by atoms with Gasteiger partial charge in [0.1, 0.15) is 11.5 Å². The summed E-state index contributed by atoms with van der Waals surface area (Å²) in [4.78, 5) is -0.726. The highest BCUT2D eigenvalue weighted by Crippen LogP contribution is 2.57. The molecule has 15 nitrogen and oxygen atoms in total. The van der Waals surface area contributed by atoms with Crippen molar-refractivity contribution in [3.05, 3.63) is 136 Å². The maximum Gasteiger partial charge on any atom is 0.296 e. The molecule has 0 spiro atoms. The van der Waals surface area contributed by atoms with Gasteiger partial charge in [-0.25, -0.2) is 0 Å². The van der Waals surface area contributed by atoms with Crippen LogP contribution in [0, 0.1) is 0 Å². The van der Waals surface area contributed by atoms with Crippen molar-refractivity contribution in [3.63, 3.8) is 0 Å². The quantitative estimate of drug-likeness (QED) is 0.118. The van der Waals surface area contributed by atoms with E-state index in [2.05, 4.69) is 0 Å². The van der Waals surface area contributed by atoms with Crippen LogP contribution in [-0.4, -0.2) is 72.5 Å². The molecule has 5 aromatic rings. The largest absolute Gasteiger partial charge is 0.296 e. The maximum atomic E-state index is 13.2. The summed E-state index contributed by atoms with van der Waals surface area (Å²) in [5, 5.41) is 0. The van der Waals surface area contributed by atoms with Crippen LogP contribution in [-0.2, 0) is 74.6 Å². The van der Waals surface area contributed by atoms with Crippen LogP contribution >= 0.6 is 0 Å². The van der Waals surface area contributed by atoms with Crippen molar-refractivity contribution >= 4 is 61.7 Å². The van der Waals surface area contributed by atoms with Crippen molar-refractivity contribution in [2.45, 2.75) is 32.1 Å². The lowest BCUT2D eigenvalue weighted by Crippen LogP contribution is -2.09. The van der Waals surface area contributed by atoms with E-state index in [1.165, 1.54) is 78.9 Å². The zero-order valence-electron chi connectivity index (χ0n) is 30.5. The van der Waals surface area contributed by atoms with Crippen LogP contribution in [0.4, 0.5) is 0 Å². The molecule has 7 rings (SSSR count). The topological polar surface area (TPSA) is 239 Å². The Morgan fingerprint density at radius 2 is 0.862 bits per heavy atom. The second-order valence-electron chi connectivity index (χ2n) is 13.3. The van der Waals surface area contributed by atoms with Crippen molar-refractivity contribution in [1.82, 2.24) is 0 Å². The van der Waals surface area contributed by atoms with Gasteiger partial charge in [0, 0.05) is 5.92 Å². The van der Waals surface area contributed by atoms with E-state index in [9.17, 15) is 51.2 Å². The Bertz CT molecular complexity index is 3150. The minimum absolute atomic E-state index is 0.147. The Morgan fingerprint density at radius 3 is 1.38 bits per heavy atom. The lowest BCUT2D eigenvalue weighted by Gasteiger charge is -2.24. The normalized spacial score (nSPS) is 16.1. The fourth-order valence-electron chi connectivity index (χ4n) is 7.49. The predicted octanol–water partition coefficient (Wildman–Crippen LogP) is 5.22. The van der Waals surface area contributed by atoms with Gasteiger partial charge in [-0.05, 0) is 115 Å². The molecule has 304 valence electrons. The van der Waals surface area contributed by atoms with Crippen LogP contribution in [0.3, 0.4) is 0 Å². The third-order valence-corrected chi connectivity index (χ3v) is 15.1. The molecule has 2 aliphatic carbocycles. The van der Waals surface area contributed by atoms with Crippen LogP contribution in [0.2, 0.25) is 0 Å². The fourth-order valence-corrected chi connectivity index (χ4v) is 10.7. The van der Waals surface area contributed by atoms with Crippen LogP contribution in [0.1, 0.15) is 44.9 Å². The van der Waals surface area contributed by atoms with Gasteiger partial charge in [-0.3, -0.25) is 21.7 Å². The molecule has 0 aliphatic heterocycles. The third-order valence-electron chi connectivity index (χ3n) is 9.90. The van der Waals surface area contributed by atoms with Crippen LogP contribution in [0.15, 0.2) is 112 Å². The summed E-state index contributed by atoms with van der Waals surface area (Å²) in [5.74, 6) is -2.63. The summed E-state index contributed by atoms with van der Waals surface area (Å²) in [6.07, 6.45) is 0. The second-order valence-corrected chi connectivity index (χ2v) is 21.4. The van der Waals surface area contributed by atoms with Crippen molar-refractivity contribution in [3.8, 4) is 22.3 Å². The molecule has 0 heterocycles. The Kier molecular flexibility index (Phi) is 10.4. The number of hydrogen-bond acceptors (Lipinski definition) is 13. The first-order valence-corrected chi connectivity index (χ1v) is 24.2. The van der Waals surface area contributed by atoms with E-state index in [0.717, 1.165) is 21.3 Å². The van der Waals surface area contributed by atoms with E-state index in [1.54, 1.807) is 18.2 Å². The number of fused-ring (bicyclic) bond motifs is 6. The van der Waals surface area contributed by atoms with Gasteiger partial charge in [-0.2, -0.15) is 42.1 Å². The highest BCUT2D eigenvalue weighted by molar-refractivity contribution is 7.87. The Labute approximate surface area is 335 Å². The molecular weight excluding hydrogens is 857 g/mol. The molecule has 0 saturated heterocycles. The summed E-state index contributed by atoms with van der Waals surface area (Å²) in [5.41, 5.74) is 4.71. The average molecular weight is 889 g/mol. The number of allylic oxidation sites excluding steroid dienone is 1. The SMILES string of the molecule is COS(=O)(=O)c1ccc(/C(=C2/c3cc(CS(=O)(=O)O)ccc3-c3ccc(S(=O)(=O)OC)cc32)C2c3cc(CS(=O)(=O)O)ccc3-c3ccc(S(=O)(=O)OC)cc32)cc1.